The molecular formula is C13H17ClFNO. The van der Waals surface area contributed by atoms with E-state index < -0.39 is 11.4 Å². The van der Waals surface area contributed by atoms with Crippen LogP contribution in [0.3, 0.4) is 0 Å². The van der Waals surface area contributed by atoms with E-state index in [1.54, 1.807) is 12.1 Å². The molecule has 0 aliphatic heterocycles. The van der Waals surface area contributed by atoms with Crippen molar-refractivity contribution in [3.63, 3.8) is 0 Å². The maximum Gasteiger partial charge on any atom is 0.142 e. The highest BCUT2D eigenvalue weighted by Gasteiger charge is 2.30. The Morgan fingerprint density at radius 1 is 1.35 bits per heavy atom. The molecule has 2 N–H and O–H groups in total. The van der Waals surface area contributed by atoms with E-state index in [4.69, 9.17) is 11.6 Å². The molecule has 0 bridgehead atoms. The zero-order chi connectivity index (χ0) is 12.3. The van der Waals surface area contributed by atoms with Crippen molar-refractivity contribution in [1.29, 1.82) is 0 Å². The van der Waals surface area contributed by atoms with Crippen molar-refractivity contribution < 1.29 is 9.50 Å². The fourth-order valence-electron chi connectivity index (χ4n) is 2.30. The van der Waals surface area contributed by atoms with E-state index in [9.17, 15) is 9.50 Å². The third-order valence-electron chi connectivity index (χ3n) is 3.30. The Labute approximate surface area is 106 Å². The van der Waals surface area contributed by atoms with E-state index in [1.807, 2.05) is 0 Å². The molecule has 2 nitrogen and oxygen atoms in total. The molecule has 1 aliphatic rings. The van der Waals surface area contributed by atoms with Gasteiger partial charge in [-0.25, -0.2) is 4.39 Å². The Hall–Kier alpha value is -0.640. The first-order valence-electron chi connectivity index (χ1n) is 5.96. The van der Waals surface area contributed by atoms with E-state index in [2.05, 4.69) is 5.32 Å². The van der Waals surface area contributed by atoms with Gasteiger partial charge in [0.15, 0.2) is 0 Å². The SMILES string of the molecule is OC1(CNCc2ccc(Cl)c(F)c2)CCCC1. The molecule has 4 heteroatoms. The fourth-order valence-corrected chi connectivity index (χ4v) is 2.42. The minimum atomic E-state index is -0.565. The van der Waals surface area contributed by atoms with Crippen molar-refractivity contribution in [2.45, 2.75) is 37.8 Å². The van der Waals surface area contributed by atoms with E-state index in [0.29, 0.717) is 13.1 Å². The van der Waals surface area contributed by atoms with E-state index in [-0.39, 0.29) is 5.02 Å². The van der Waals surface area contributed by atoms with Gasteiger partial charge >= 0.3 is 0 Å². The van der Waals surface area contributed by atoms with Gasteiger partial charge in [-0.2, -0.15) is 0 Å². The Kier molecular flexibility index (Phi) is 4.02. The molecule has 0 radical (unpaired) electrons. The number of hydrogen-bond donors (Lipinski definition) is 2. The van der Waals surface area contributed by atoms with Crippen LogP contribution < -0.4 is 5.32 Å². The summed E-state index contributed by atoms with van der Waals surface area (Å²) in [6, 6.07) is 4.77. The molecule has 1 aliphatic carbocycles. The van der Waals surface area contributed by atoms with Crippen LogP contribution in [0.25, 0.3) is 0 Å². The van der Waals surface area contributed by atoms with Crippen molar-refractivity contribution in [3.8, 4) is 0 Å². The van der Waals surface area contributed by atoms with Gasteiger partial charge in [-0.05, 0) is 30.5 Å². The van der Waals surface area contributed by atoms with Gasteiger partial charge in [0.05, 0.1) is 10.6 Å². The molecule has 1 fully saturated rings. The summed E-state index contributed by atoms with van der Waals surface area (Å²) in [4.78, 5) is 0. The summed E-state index contributed by atoms with van der Waals surface area (Å²) >= 11 is 5.61. The smallest absolute Gasteiger partial charge is 0.142 e. The Morgan fingerprint density at radius 3 is 2.71 bits per heavy atom. The lowest BCUT2D eigenvalue weighted by Gasteiger charge is -2.22. The predicted molar refractivity (Wildman–Crippen MR) is 66.5 cm³/mol. The summed E-state index contributed by atoms with van der Waals surface area (Å²) in [5.41, 5.74) is 0.277. The van der Waals surface area contributed by atoms with Crippen LogP contribution in [0, 0.1) is 5.82 Å². The first-order valence-corrected chi connectivity index (χ1v) is 6.34. The van der Waals surface area contributed by atoms with Crippen LogP contribution in [-0.2, 0) is 6.54 Å². The number of nitrogens with one attached hydrogen (secondary N) is 1. The average Bonchev–Trinajstić information content (AvgIpc) is 2.71. The Balaban J connectivity index is 1.83. The van der Waals surface area contributed by atoms with Crippen LogP contribution in [0.5, 0.6) is 0 Å². The van der Waals surface area contributed by atoms with Crippen LogP contribution in [0.1, 0.15) is 31.2 Å². The van der Waals surface area contributed by atoms with Crippen molar-refractivity contribution in [3.05, 3.63) is 34.6 Å². The standard InChI is InChI=1S/C13H17ClFNO/c14-11-4-3-10(7-12(11)15)8-16-9-13(17)5-1-2-6-13/h3-4,7,16-17H,1-2,5-6,8-9H2. The van der Waals surface area contributed by atoms with E-state index >= 15 is 0 Å². The quantitative estimate of drug-likeness (QED) is 0.869. The Bertz CT molecular complexity index is 391. The maximum absolute atomic E-state index is 13.2. The zero-order valence-electron chi connectivity index (χ0n) is 9.68. The first-order chi connectivity index (χ1) is 8.09. The number of benzene rings is 1. The summed E-state index contributed by atoms with van der Waals surface area (Å²) in [6.07, 6.45) is 3.89. The molecule has 0 unspecified atom stereocenters. The molecule has 0 heterocycles. The summed E-state index contributed by atoms with van der Waals surface area (Å²) in [5.74, 6) is -0.398. The van der Waals surface area contributed by atoms with Crippen LogP contribution in [0.15, 0.2) is 18.2 Å². The van der Waals surface area contributed by atoms with Gasteiger partial charge in [0.2, 0.25) is 0 Å². The number of halogens is 2. The first kappa shape index (κ1) is 12.8. The van der Waals surface area contributed by atoms with Crippen LogP contribution >= 0.6 is 11.6 Å². The molecule has 17 heavy (non-hydrogen) atoms. The van der Waals surface area contributed by atoms with Crippen molar-refractivity contribution >= 4 is 11.6 Å². The molecule has 94 valence electrons. The molecule has 1 aromatic carbocycles. The fraction of sp³-hybridized carbons (Fsp3) is 0.538. The predicted octanol–water partition coefficient (Wildman–Crippen LogP) is 2.87. The highest BCUT2D eigenvalue weighted by Crippen LogP contribution is 2.28. The average molecular weight is 258 g/mol. The molecule has 1 saturated carbocycles. The molecule has 0 amide bonds. The van der Waals surface area contributed by atoms with E-state index in [1.165, 1.54) is 6.07 Å². The van der Waals surface area contributed by atoms with Crippen molar-refractivity contribution in [2.24, 2.45) is 0 Å². The van der Waals surface area contributed by atoms with E-state index in [0.717, 1.165) is 31.2 Å². The van der Waals surface area contributed by atoms with Gasteiger partial charge in [-0.15, -0.1) is 0 Å². The number of hydrogen-bond acceptors (Lipinski definition) is 2. The monoisotopic (exact) mass is 257 g/mol. The van der Waals surface area contributed by atoms with Gasteiger partial charge < -0.3 is 10.4 Å². The van der Waals surface area contributed by atoms with Crippen LogP contribution in [0.2, 0.25) is 5.02 Å². The molecule has 0 aromatic heterocycles. The minimum Gasteiger partial charge on any atom is -0.389 e. The second-order valence-corrected chi connectivity index (χ2v) is 5.19. The van der Waals surface area contributed by atoms with Crippen molar-refractivity contribution in [1.82, 2.24) is 5.32 Å². The molecule has 0 saturated heterocycles. The molecule has 1 aromatic rings. The molecule has 0 atom stereocenters. The van der Waals surface area contributed by atoms with Crippen molar-refractivity contribution in [2.75, 3.05) is 6.54 Å². The third-order valence-corrected chi connectivity index (χ3v) is 3.61. The lowest BCUT2D eigenvalue weighted by molar-refractivity contribution is 0.0475. The van der Waals surface area contributed by atoms with Crippen LogP contribution in [-0.4, -0.2) is 17.3 Å². The summed E-state index contributed by atoms with van der Waals surface area (Å²) in [6.45, 7) is 1.12. The van der Waals surface area contributed by atoms with Crippen LogP contribution in [0.4, 0.5) is 4.39 Å². The second-order valence-electron chi connectivity index (χ2n) is 4.78. The second kappa shape index (κ2) is 5.34. The number of rotatable bonds is 4. The summed E-state index contributed by atoms with van der Waals surface area (Å²) < 4.78 is 13.2. The normalized spacial score (nSPS) is 18.5. The largest absolute Gasteiger partial charge is 0.389 e. The molecular weight excluding hydrogens is 241 g/mol. The lowest BCUT2D eigenvalue weighted by atomic mass is 10.0. The lowest BCUT2D eigenvalue weighted by Crippen LogP contribution is -2.37. The highest BCUT2D eigenvalue weighted by molar-refractivity contribution is 6.30. The third kappa shape index (κ3) is 3.41. The van der Waals surface area contributed by atoms with Gasteiger partial charge in [0, 0.05) is 13.1 Å². The Morgan fingerprint density at radius 2 is 2.06 bits per heavy atom. The number of aliphatic hydroxyl groups is 1. The topological polar surface area (TPSA) is 32.3 Å². The minimum absolute atomic E-state index is 0.142. The van der Waals surface area contributed by atoms with Gasteiger partial charge in [-0.1, -0.05) is 30.5 Å². The summed E-state index contributed by atoms with van der Waals surface area (Å²) in [5, 5.41) is 13.4. The molecule has 0 spiro atoms. The summed E-state index contributed by atoms with van der Waals surface area (Å²) in [7, 11) is 0. The van der Waals surface area contributed by atoms with Gasteiger partial charge in [0.1, 0.15) is 5.82 Å². The van der Waals surface area contributed by atoms with Gasteiger partial charge in [0.25, 0.3) is 0 Å². The highest BCUT2D eigenvalue weighted by atomic mass is 35.5. The molecule has 2 rings (SSSR count). The van der Waals surface area contributed by atoms with Gasteiger partial charge in [-0.3, -0.25) is 0 Å². The zero-order valence-corrected chi connectivity index (χ0v) is 10.4. The maximum atomic E-state index is 13.2.